The quantitative estimate of drug-likeness (QED) is 0.472. The average Bonchev–Trinajstić information content (AvgIpc) is 2.81. The van der Waals surface area contributed by atoms with Crippen LogP contribution < -0.4 is 10.1 Å². The van der Waals surface area contributed by atoms with Gasteiger partial charge in [-0.15, -0.1) is 0 Å². The highest BCUT2D eigenvalue weighted by Gasteiger charge is 2.27. The fraction of sp³-hybridized carbons (Fsp3) is 0.250. The zero-order valence-corrected chi connectivity index (χ0v) is 19.0. The maximum Gasteiger partial charge on any atom is 0.257 e. The summed E-state index contributed by atoms with van der Waals surface area (Å²) >= 11 is 12.8. The van der Waals surface area contributed by atoms with Crippen LogP contribution in [0.15, 0.2) is 54.9 Å². The molecule has 1 aromatic heterocycles. The van der Waals surface area contributed by atoms with Gasteiger partial charge in [0.05, 0.1) is 34.1 Å². The van der Waals surface area contributed by atoms with Crippen LogP contribution in [0.3, 0.4) is 0 Å². The molecule has 166 valence electrons. The first-order valence-electron chi connectivity index (χ1n) is 10.2. The molecule has 1 aliphatic heterocycles. The number of pyridine rings is 1. The maximum atomic E-state index is 13.3. The van der Waals surface area contributed by atoms with E-state index in [4.69, 9.17) is 27.9 Å². The molecule has 0 radical (unpaired) electrons. The molecule has 0 saturated carbocycles. The van der Waals surface area contributed by atoms with Crippen molar-refractivity contribution in [3.63, 3.8) is 0 Å². The zero-order valence-electron chi connectivity index (χ0n) is 17.4. The van der Waals surface area contributed by atoms with Crippen LogP contribution >= 0.6 is 23.2 Å². The largest absolute Gasteiger partial charge is 0.497 e. The summed E-state index contributed by atoms with van der Waals surface area (Å²) in [5.74, 6) is 0.533. The number of hydrogen-bond acceptors (Lipinski definition) is 4. The Hall–Kier alpha value is -2.83. The lowest BCUT2D eigenvalue weighted by atomic mass is 9.89. The van der Waals surface area contributed by atoms with E-state index in [1.165, 1.54) is 24.5 Å². The normalized spacial score (nSPS) is 14.3. The molecule has 5 nitrogen and oxygen atoms in total. The number of anilines is 2. The van der Waals surface area contributed by atoms with Crippen LogP contribution in [0.1, 0.15) is 34.7 Å². The van der Waals surface area contributed by atoms with Gasteiger partial charge in [0.1, 0.15) is 11.6 Å². The number of benzene rings is 2. The van der Waals surface area contributed by atoms with Gasteiger partial charge in [0.2, 0.25) is 0 Å². The topological polar surface area (TPSA) is 54.5 Å². The number of carbonyl (C=O) groups is 1. The Morgan fingerprint density at radius 2 is 1.81 bits per heavy atom. The van der Waals surface area contributed by atoms with Gasteiger partial charge in [-0.25, -0.2) is 4.39 Å². The van der Waals surface area contributed by atoms with Crippen LogP contribution in [0.25, 0.3) is 0 Å². The monoisotopic (exact) mass is 473 g/mol. The lowest BCUT2D eigenvalue weighted by Gasteiger charge is -2.32. The number of aromatic nitrogens is 1. The van der Waals surface area contributed by atoms with Gasteiger partial charge in [-0.3, -0.25) is 9.78 Å². The second-order valence-corrected chi connectivity index (χ2v) is 8.45. The molecular weight excluding hydrogens is 452 g/mol. The van der Waals surface area contributed by atoms with E-state index in [-0.39, 0.29) is 11.7 Å². The van der Waals surface area contributed by atoms with Crippen LogP contribution in [0.5, 0.6) is 5.75 Å². The van der Waals surface area contributed by atoms with Crippen LogP contribution in [0.4, 0.5) is 15.8 Å². The third kappa shape index (κ3) is 4.81. The lowest BCUT2D eigenvalue weighted by molar-refractivity contribution is 0.0713. The summed E-state index contributed by atoms with van der Waals surface area (Å²) in [7, 11) is 1.56. The van der Waals surface area contributed by atoms with Crippen LogP contribution in [0, 0.1) is 5.82 Å². The highest BCUT2D eigenvalue weighted by molar-refractivity contribution is 6.35. The Kier molecular flexibility index (Phi) is 6.82. The minimum atomic E-state index is -0.244. The molecule has 32 heavy (non-hydrogen) atoms. The lowest BCUT2D eigenvalue weighted by Crippen LogP contribution is -2.38. The first-order chi connectivity index (χ1) is 15.5. The summed E-state index contributed by atoms with van der Waals surface area (Å²) in [5.41, 5.74) is 2.54. The van der Waals surface area contributed by atoms with E-state index in [1.54, 1.807) is 30.2 Å². The molecule has 4 rings (SSSR count). The van der Waals surface area contributed by atoms with Gasteiger partial charge in [-0.2, -0.15) is 0 Å². The molecule has 0 spiro atoms. The van der Waals surface area contributed by atoms with Gasteiger partial charge in [0, 0.05) is 31.5 Å². The second-order valence-electron chi connectivity index (χ2n) is 7.63. The molecule has 1 aliphatic rings. The number of rotatable bonds is 5. The van der Waals surface area contributed by atoms with Crippen molar-refractivity contribution >= 4 is 40.5 Å². The molecule has 1 amide bonds. The molecule has 3 aromatic rings. The van der Waals surface area contributed by atoms with E-state index in [1.807, 2.05) is 12.1 Å². The molecular formula is C24H22Cl2FN3O2. The number of amides is 1. The average molecular weight is 474 g/mol. The smallest absolute Gasteiger partial charge is 0.257 e. The number of piperidine rings is 1. The third-order valence-corrected chi connectivity index (χ3v) is 6.29. The van der Waals surface area contributed by atoms with E-state index in [9.17, 15) is 9.18 Å². The number of likely N-dealkylation sites (tertiary alicyclic amines) is 1. The van der Waals surface area contributed by atoms with Crippen LogP contribution in [0.2, 0.25) is 10.0 Å². The first kappa shape index (κ1) is 22.4. The Morgan fingerprint density at radius 3 is 2.47 bits per heavy atom. The van der Waals surface area contributed by atoms with Crippen molar-refractivity contribution in [3.8, 4) is 5.75 Å². The van der Waals surface area contributed by atoms with Crippen molar-refractivity contribution in [2.24, 2.45) is 0 Å². The minimum absolute atomic E-state index is 0.148. The van der Waals surface area contributed by atoms with Gasteiger partial charge < -0.3 is 15.0 Å². The van der Waals surface area contributed by atoms with Gasteiger partial charge >= 0.3 is 0 Å². The highest BCUT2D eigenvalue weighted by Crippen LogP contribution is 2.35. The summed E-state index contributed by atoms with van der Waals surface area (Å²) in [6, 6.07) is 11.8. The second kappa shape index (κ2) is 9.76. The molecule has 1 saturated heterocycles. The van der Waals surface area contributed by atoms with Crippen molar-refractivity contribution in [3.05, 3.63) is 81.8 Å². The van der Waals surface area contributed by atoms with E-state index in [2.05, 4.69) is 10.3 Å². The van der Waals surface area contributed by atoms with Crippen molar-refractivity contribution in [2.75, 3.05) is 25.5 Å². The summed E-state index contributed by atoms with van der Waals surface area (Å²) < 4.78 is 18.4. The number of nitrogens with zero attached hydrogens (tertiary/aromatic N) is 2. The van der Waals surface area contributed by atoms with Crippen molar-refractivity contribution in [1.82, 2.24) is 9.88 Å². The SMILES string of the molecule is COc1ccc(Nc2c(Cl)cncc2C(=O)N2CCC(c3ccc(F)cc3)CC2)c(Cl)c1. The van der Waals surface area contributed by atoms with Crippen molar-refractivity contribution < 1.29 is 13.9 Å². The highest BCUT2D eigenvalue weighted by atomic mass is 35.5. The van der Waals surface area contributed by atoms with E-state index < -0.39 is 0 Å². The van der Waals surface area contributed by atoms with Crippen LogP contribution in [-0.4, -0.2) is 36.0 Å². The number of hydrogen-bond donors (Lipinski definition) is 1. The summed E-state index contributed by atoms with van der Waals surface area (Å²) in [5, 5.41) is 3.94. The molecule has 2 heterocycles. The predicted molar refractivity (Wildman–Crippen MR) is 125 cm³/mol. The fourth-order valence-corrected chi connectivity index (χ4v) is 4.33. The third-order valence-electron chi connectivity index (χ3n) is 5.69. The van der Waals surface area contributed by atoms with Gasteiger partial charge in [0.15, 0.2) is 0 Å². The standard InChI is InChI=1S/C24H22Cl2FN3O2/c1-32-18-6-7-22(20(25)12-18)29-23-19(13-28-14-21(23)26)24(31)30-10-8-16(9-11-30)15-2-4-17(27)5-3-15/h2-7,12-14,16H,8-11H2,1H3,(H,28,29). The molecule has 8 heteroatoms. The molecule has 2 aromatic carbocycles. The van der Waals surface area contributed by atoms with Crippen molar-refractivity contribution in [1.29, 1.82) is 0 Å². The van der Waals surface area contributed by atoms with Gasteiger partial charge in [0.25, 0.3) is 5.91 Å². The van der Waals surface area contributed by atoms with Crippen molar-refractivity contribution in [2.45, 2.75) is 18.8 Å². The van der Waals surface area contributed by atoms with Gasteiger partial charge in [-0.05, 0) is 48.6 Å². The molecule has 1 fully saturated rings. The Morgan fingerprint density at radius 1 is 1.09 bits per heavy atom. The molecule has 0 atom stereocenters. The molecule has 0 aliphatic carbocycles. The number of methoxy groups -OCH3 is 1. The number of ether oxygens (including phenoxy) is 1. The van der Waals surface area contributed by atoms with E-state index in [0.29, 0.717) is 51.7 Å². The van der Waals surface area contributed by atoms with Gasteiger partial charge in [-0.1, -0.05) is 35.3 Å². The molecule has 1 N–H and O–H groups in total. The Balaban J connectivity index is 1.51. The first-order valence-corrected chi connectivity index (χ1v) is 11.0. The summed E-state index contributed by atoms with van der Waals surface area (Å²) in [4.78, 5) is 19.2. The number of carbonyl (C=O) groups excluding carboxylic acids is 1. The summed E-state index contributed by atoms with van der Waals surface area (Å²) in [6.07, 6.45) is 4.61. The van der Waals surface area contributed by atoms with Crippen LogP contribution in [-0.2, 0) is 0 Å². The number of halogens is 3. The zero-order chi connectivity index (χ0) is 22.7. The minimum Gasteiger partial charge on any atom is -0.497 e. The molecule has 0 unspecified atom stereocenters. The Bertz CT molecular complexity index is 1120. The van der Waals surface area contributed by atoms with E-state index >= 15 is 0 Å². The predicted octanol–water partition coefficient (Wildman–Crippen LogP) is 6.30. The maximum absolute atomic E-state index is 13.3. The molecule has 0 bridgehead atoms. The fourth-order valence-electron chi connectivity index (χ4n) is 3.90. The summed E-state index contributed by atoms with van der Waals surface area (Å²) in [6.45, 7) is 1.19. The Labute approximate surface area is 196 Å². The number of nitrogens with one attached hydrogen (secondary N) is 1. The van der Waals surface area contributed by atoms with E-state index in [0.717, 1.165) is 18.4 Å².